The summed E-state index contributed by atoms with van der Waals surface area (Å²) < 4.78 is 0. The highest BCUT2D eigenvalue weighted by Gasteiger charge is 2.35. The smallest absolute Gasteiger partial charge is 0.0131 e. The summed E-state index contributed by atoms with van der Waals surface area (Å²) in [4.78, 5) is 0. The minimum absolute atomic E-state index is 0.310. The lowest BCUT2D eigenvalue weighted by Gasteiger charge is -2.37. The second-order valence-electron chi connectivity index (χ2n) is 15.7. The van der Waals surface area contributed by atoms with Crippen molar-refractivity contribution < 1.29 is 0 Å². The van der Waals surface area contributed by atoms with Crippen LogP contribution in [0.4, 0.5) is 0 Å². The first kappa shape index (κ1) is 42.8. The van der Waals surface area contributed by atoms with Gasteiger partial charge in [0.15, 0.2) is 0 Å². The van der Waals surface area contributed by atoms with Gasteiger partial charge in [-0.05, 0) is 150 Å². The molecule has 0 spiro atoms. The highest BCUT2D eigenvalue weighted by molar-refractivity contribution is 7.74. The van der Waals surface area contributed by atoms with Crippen molar-refractivity contribution in [3.8, 4) is 0 Å². The van der Waals surface area contributed by atoms with Gasteiger partial charge in [0.05, 0.1) is 0 Å². The first-order valence-corrected chi connectivity index (χ1v) is 24.9. The summed E-state index contributed by atoms with van der Waals surface area (Å²) in [6.07, 6.45) is 9.46. The van der Waals surface area contributed by atoms with Crippen LogP contribution in [-0.2, 0) is 51.4 Å². The van der Waals surface area contributed by atoms with Gasteiger partial charge in [-0.2, -0.15) is 0 Å². The third kappa shape index (κ3) is 10.4. The molecule has 2 unspecified atom stereocenters. The van der Waals surface area contributed by atoms with E-state index in [1.54, 1.807) is 0 Å². The van der Waals surface area contributed by atoms with Crippen molar-refractivity contribution in [2.75, 3.05) is 0 Å². The van der Waals surface area contributed by atoms with Gasteiger partial charge in [-0.15, -0.1) is 0 Å². The number of rotatable bonds is 18. The van der Waals surface area contributed by atoms with Gasteiger partial charge in [-0.25, -0.2) is 0 Å². The summed E-state index contributed by atoms with van der Waals surface area (Å²) in [5, 5.41) is 6.13. The zero-order valence-electron chi connectivity index (χ0n) is 36.1. The van der Waals surface area contributed by atoms with Crippen molar-refractivity contribution in [1.82, 2.24) is 0 Å². The molecule has 6 rings (SSSR count). The van der Waals surface area contributed by atoms with Crippen molar-refractivity contribution >= 4 is 37.1 Å². The molecule has 0 nitrogen and oxygen atoms in total. The van der Waals surface area contributed by atoms with Gasteiger partial charge in [-0.1, -0.05) is 189 Å². The number of hydrogen-bond acceptors (Lipinski definition) is 0. The molecular weight excluding hydrogens is 723 g/mol. The standard InChI is InChI=1S/C55H66P2/c1-9-40-27-41(10-2)32-50(31-40)56(51-33-42(11-3)28-43(12-4)34-51)54(48-23-19-17-20-24-48)39-55(49-25-21-18-22-26-49)57(52-35-44(13-5)29-45(14-6)36-52)53-37-46(15-7)30-47(16-8)38-53/h17-38,54-55H,9-16,39H2,1-8H3. The van der Waals surface area contributed by atoms with Crippen LogP contribution in [0.5, 0.6) is 0 Å². The Labute approximate surface area is 349 Å². The average Bonchev–Trinajstić information content (AvgIpc) is 3.28. The molecule has 2 atom stereocenters. The quantitative estimate of drug-likeness (QED) is 0.0761. The van der Waals surface area contributed by atoms with Gasteiger partial charge in [0.2, 0.25) is 0 Å². The second-order valence-corrected chi connectivity index (χ2v) is 20.5. The molecule has 0 aliphatic carbocycles. The van der Waals surface area contributed by atoms with Crippen LogP contribution in [0.2, 0.25) is 0 Å². The third-order valence-electron chi connectivity index (χ3n) is 12.0. The van der Waals surface area contributed by atoms with Gasteiger partial charge in [0, 0.05) is 11.3 Å². The van der Waals surface area contributed by atoms with Crippen molar-refractivity contribution in [1.29, 1.82) is 0 Å². The number of benzene rings is 6. The average molecular weight is 789 g/mol. The van der Waals surface area contributed by atoms with Gasteiger partial charge < -0.3 is 0 Å². The SMILES string of the molecule is CCc1cc(CC)cc(P(c2cc(CC)cc(CC)c2)C(CC(c2ccccc2)P(c2cc(CC)cc(CC)c2)c2cc(CC)cc(CC)c2)c2ccccc2)c1. The van der Waals surface area contributed by atoms with E-state index >= 15 is 0 Å². The van der Waals surface area contributed by atoms with E-state index in [0.29, 0.717) is 11.3 Å². The van der Waals surface area contributed by atoms with Gasteiger partial charge in [-0.3, -0.25) is 0 Å². The molecule has 0 aliphatic heterocycles. The number of hydrogen-bond donors (Lipinski definition) is 0. The van der Waals surface area contributed by atoms with Crippen molar-refractivity contribution in [3.05, 3.63) is 189 Å². The Morgan fingerprint density at radius 3 is 0.702 bits per heavy atom. The Bertz CT molecular complexity index is 1830. The van der Waals surface area contributed by atoms with Crippen molar-refractivity contribution in [2.45, 2.75) is 124 Å². The maximum Gasteiger partial charge on any atom is 0.0131 e. The fourth-order valence-corrected chi connectivity index (χ4v) is 14.9. The normalized spacial score (nSPS) is 12.7. The number of aryl methyl sites for hydroxylation is 8. The molecule has 0 amide bonds. The Balaban J connectivity index is 1.69. The van der Waals surface area contributed by atoms with E-state index in [2.05, 4.69) is 189 Å². The molecule has 57 heavy (non-hydrogen) atoms. The largest absolute Gasteiger partial charge is 0.0622 e. The second kappa shape index (κ2) is 20.7. The minimum Gasteiger partial charge on any atom is -0.0622 e. The van der Waals surface area contributed by atoms with E-state index in [4.69, 9.17) is 0 Å². The zero-order valence-corrected chi connectivity index (χ0v) is 37.9. The lowest BCUT2D eigenvalue weighted by atomic mass is 10.0. The molecule has 0 saturated carbocycles. The molecule has 0 N–H and O–H groups in total. The topological polar surface area (TPSA) is 0 Å². The zero-order chi connectivity index (χ0) is 40.3. The molecule has 6 aromatic rings. The molecule has 0 saturated heterocycles. The Morgan fingerprint density at radius 2 is 0.509 bits per heavy atom. The van der Waals surface area contributed by atoms with Crippen molar-refractivity contribution in [2.24, 2.45) is 0 Å². The van der Waals surface area contributed by atoms with Crippen LogP contribution in [0.25, 0.3) is 0 Å². The van der Waals surface area contributed by atoms with Crippen LogP contribution in [0.1, 0.15) is 129 Å². The maximum absolute atomic E-state index is 2.59. The molecule has 0 radical (unpaired) electrons. The Kier molecular flexibility index (Phi) is 15.6. The molecule has 0 aromatic heterocycles. The molecule has 6 aromatic carbocycles. The summed E-state index contributed by atoms with van der Waals surface area (Å²) in [7, 11) is -1.58. The van der Waals surface area contributed by atoms with Crippen LogP contribution >= 0.6 is 15.8 Å². The summed E-state index contributed by atoms with van der Waals surface area (Å²) in [5.41, 5.74) is 15.2. The highest BCUT2D eigenvalue weighted by Crippen LogP contribution is 2.61. The lowest BCUT2D eigenvalue weighted by Crippen LogP contribution is -2.24. The predicted molar refractivity (Wildman–Crippen MR) is 256 cm³/mol. The van der Waals surface area contributed by atoms with Gasteiger partial charge in [0.1, 0.15) is 0 Å². The molecule has 0 heterocycles. The summed E-state index contributed by atoms with van der Waals surface area (Å²) in [6, 6.07) is 53.8. The summed E-state index contributed by atoms with van der Waals surface area (Å²) >= 11 is 0. The van der Waals surface area contributed by atoms with E-state index in [1.807, 2.05) is 0 Å². The van der Waals surface area contributed by atoms with Gasteiger partial charge in [0.25, 0.3) is 0 Å². The molecule has 0 fully saturated rings. The van der Waals surface area contributed by atoms with Crippen LogP contribution < -0.4 is 21.2 Å². The van der Waals surface area contributed by atoms with E-state index in [1.165, 1.54) is 76.9 Å². The van der Waals surface area contributed by atoms with Crippen LogP contribution in [0, 0.1) is 0 Å². The maximum atomic E-state index is 2.59. The minimum atomic E-state index is -0.791. The molecule has 0 bridgehead atoms. The molecule has 296 valence electrons. The molecule has 2 heteroatoms. The fraction of sp³-hybridized carbons (Fsp3) is 0.345. The van der Waals surface area contributed by atoms with E-state index in [9.17, 15) is 0 Å². The van der Waals surface area contributed by atoms with Crippen LogP contribution in [-0.4, -0.2) is 0 Å². The molecular formula is C55H66P2. The Morgan fingerprint density at radius 1 is 0.298 bits per heavy atom. The summed E-state index contributed by atoms with van der Waals surface area (Å²) in [6.45, 7) is 18.6. The van der Waals surface area contributed by atoms with Crippen molar-refractivity contribution in [3.63, 3.8) is 0 Å². The predicted octanol–water partition coefficient (Wildman–Crippen LogP) is 13.6. The van der Waals surface area contributed by atoms with Gasteiger partial charge >= 0.3 is 0 Å². The first-order valence-electron chi connectivity index (χ1n) is 22.0. The fourth-order valence-electron chi connectivity index (χ4n) is 8.52. The van der Waals surface area contributed by atoms with E-state index < -0.39 is 15.8 Å². The Hall–Kier alpha value is -3.82. The van der Waals surface area contributed by atoms with Crippen LogP contribution in [0.15, 0.2) is 133 Å². The first-order chi connectivity index (χ1) is 27.8. The highest BCUT2D eigenvalue weighted by atomic mass is 31.1. The molecule has 0 aliphatic rings. The monoisotopic (exact) mass is 788 g/mol. The van der Waals surface area contributed by atoms with E-state index in [-0.39, 0.29) is 0 Å². The van der Waals surface area contributed by atoms with Crippen LogP contribution in [0.3, 0.4) is 0 Å². The third-order valence-corrected chi connectivity index (χ3v) is 17.5. The summed E-state index contributed by atoms with van der Waals surface area (Å²) in [5.74, 6) is 0. The van der Waals surface area contributed by atoms with E-state index in [0.717, 1.165) is 57.8 Å². The lowest BCUT2D eigenvalue weighted by molar-refractivity contribution is 0.774.